The van der Waals surface area contributed by atoms with Crippen molar-refractivity contribution in [2.24, 2.45) is 0 Å². The molecule has 1 heterocycles. The van der Waals surface area contributed by atoms with E-state index in [-0.39, 0.29) is 11.6 Å². The molecule has 0 amide bonds. The lowest BCUT2D eigenvalue weighted by Gasteiger charge is -2.08. The molecule has 0 radical (unpaired) electrons. The molecule has 0 spiro atoms. The molecule has 21 heavy (non-hydrogen) atoms. The minimum absolute atomic E-state index is 0.107. The van der Waals surface area contributed by atoms with Gasteiger partial charge in [-0.1, -0.05) is 23.7 Å². The Morgan fingerprint density at radius 2 is 2.14 bits per heavy atom. The van der Waals surface area contributed by atoms with Crippen LogP contribution in [-0.4, -0.2) is 11.0 Å². The summed E-state index contributed by atoms with van der Waals surface area (Å²) in [6, 6.07) is 9.30. The van der Waals surface area contributed by atoms with Gasteiger partial charge in [-0.15, -0.1) is 0 Å². The van der Waals surface area contributed by atoms with Crippen molar-refractivity contribution >= 4 is 11.6 Å². The summed E-state index contributed by atoms with van der Waals surface area (Å²) in [4.78, 5) is 4.32. The first kappa shape index (κ1) is 14.3. The van der Waals surface area contributed by atoms with Crippen LogP contribution in [0.2, 0.25) is 5.02 Å². The van der Waals surface area contributed by atoms with E-state index < -0.39 is 5.82 Å². The standard InChI is InChI=1S/C16H16ClFN2O/c17-15-3-1-2-11(16(15)18)10-21-14-7-6-13(20-9-14)8-19-12-4-5-12/h1-3,6-7,9,12,19H,4-5,8,10H2. The molecule has 110 valence electrons. The van der Waals surface area contributed by atoms with Gasteiger partial charge in [0, 0.05) is 18.2 Å². The zero-order chi connectivity index (χ0) is 14.7. The van der Waals surface area contributed by atoms with Crippen molar-refractivity contribution < 1.29 is 9.13 Å². The second-order valence-corrected chi connectivity index (χ2v) is 5.55. The number of nitrogens with zero attached hydrogens (tertiary/aromatic N) is 1. The summed E-state index contributed by atoms with van der Waals surface area (Å²) >= 11 is 5.73. The van der Waals surface area contributed by atoms with E-state index in [2.05, 4.69) is 10.3 Å². The molecule has 3 rings (SSSR count). The molecule has 1 aromatic heterocycles. The zero-order valence-corrected chi connectivity index (χ0v) is 12.2. The number of rotatable bonds is 6. The first-order valence-corrected chi connectivity index (χ1v) is 7.34. The predicted molar refractivity (Wildman–Crippen MR) is 79.8 cm³/mol. The van der Waals surface area contributed by atoms with Crippen LogP contribution >= 0.6 is 11.6 Å². The molecule has 1 aliphatic rings. The lowest BCUT2D eigenvalue weighted by atomic mass is 10.2. The summed E-state index contributed by atoms with van der Waals surface area (Å²) in [7, 11) is 0. The Kier molecular flexibility index (Phi) is 4.36. The highest BCUT2D eigenvalue weighted by Crippen LogP contribution is 2.21. The van der Waals surface area contributed by atoms with E-state index in [1.807, 2.05) is 12.1 Å². The van der Waals surface area contributed by atoms with Crippen molar-refractivity contribution in [2.75, 3.05) is 0 Å². The number of nitrogens with one attached hydrogen (secondary N) is 1. The van der Waals surface area contributed by atoms with Crippen LogP contribution in [0.15, 0.2) is 36.5 Å². The van der Waals surface area contributed by atoms with Crippen molar-refractivity contribution in [3.63, 3.8) is 0 Å². The fraction of sp³-hybridized carbons (Fsp3) is 0.312. The molecule has 0 unspecified atom stereocenters. The summed E-state index contributed by atoms with van der Waals surface area (Å²) in [5.41, 5.74) is 1.41. The normalized spacial score (nSPS) is 14.2. The highest BCUT2D eigenvalue weighted by atomic mass is 35.5. The summed E-state index contributed by atoms with van der Waals surface area (Å²) in [6.07, 6.45) is 4.17. The molecule has 5 heteroatoms. The number of hydrogen-bond acceptors (Lipinski definition) is 3. The van der Waals surface area contributed by atoms with Gasteiger partial charge < -0.3 is 10.1 Å². The fourth-order valence-corrected chi connectivity index (χ4v) is 2.15. The maximum Gasteiger partial charge on any atom is 0.148 e. The second-order valence-electron chi connectivity index (χ2n) is 5.14. The van der Waals surface area contributed by atoms with Crippen LogP contribution in [-0.2, 0) is 13.2 Å². The first-order valence-electron chi connectivity index (χ1n) is 6.96. The maximum absolute atomic E-state index is 13.7. The fourth-order valence-electron chi connectivity index (χ4n) is 1.96. The Balaban J connectivity index is 1.56. The molecule has 0 aliphatic heterocycles. The van der Waals surface area contributed by atoms with Crippen molar-refractivity contribution in [3.05, 3.63) is 58.6 Å². The molecule has 3 nitrogen and oxygen atoms in total. The number of pyridine rings is 1. The average molecular weight is 307 g/mol. The van der Waals surface area contributed by atoms with Gasteiger partial charge in [-0.05, 0) is 31.0 Å². The van der Waals surface area contributed by atoms with Gasteiger partial charge in [0.05, 0.1) is 16.9 Å². The number of ether oxygens (including phenoxy) is 1. The maximum atomic E-state index is 13.7. The van der Waals surface area contributed by atoms with Crippen LogP contribution in [0.25, 0.3) is 0 Å². The molecule has 1 N–H and O–H groups in total. The number of hydrogen-bond donors (Lipinski definition) is 1. The first-order chi connectivity index (χ1) is 10.2. The van der Waals surface area contributed by atoms with E-state index in [1.54, 1.807) is 18.3 Å². The van der Waals surface area contributed by atoms with Gasteiger partial charge >= 0.3 is 0 Å². The van der Waals surface area contributed by atoms with Crippen molar-refractivity contribution in [1.82, 2.24) is 10.3 Å². The lowest BCUT2D eigenvalue weighted by Crippen LogP contribution is -2.16. The Morgan fingerprint density at radius 1 is 1.29 bits per heavy atom. The molecule has 2 aromatic rings. The molecular formula is C16H16ClFN2O. The number of halogens is 2. The van der Waals surface area contributed by atoms with E-state index in [0.29, 0.717) is 17.4 Å². The molecule has 1 saturated carbocycles. The van der Waals surface area contributed by atoms with Crippen molar-refractivity contribution in [2.45, 2.75) is 32.0 Å². The molecule has 0 atom stereocenters. The number of aromatic nitrogens is 1. The van der Waals surface area contributed by atoms with E-state index >= 15 is 0 Å². The van der Waals surface area contributed by atoms with Gasteiger partial charge in [0.15, 0.2) is 0 Å². The molecule has 1 aliphatic carbocycles. The van der Waals surface area contributed by atoms with Gasteiger partial charge in [-0.25, -0.2) is 4.39 Å². The van der Waals surface area contributed by atoms with Crippen LogP contribution in [0.3, 0.4) is 0 Å². The predicted octanol–water partition coefficient (Wildman–Crippen LogP) is 3.71. The Labute approximate surface area is 128 Å². The summed E-state index contributed by atoms with van der Waals surface area (Å²) in [5, 5.41) is 3.50. The minimum atomic E-state index is -0.433. The van der Waals surface area contributed by atoms with Crippen LogP contribution in [0.5, 0.6) is 5.75 Å². The summed E-state index contributed by atoms with van der Waals surface area (Å²) in [5.74, 6) is 0.182. The van der Waals surface area contributed by atoms with Crippen molar-refractivity contribution in [1.29, 1.82) is 0 Å². The monoisotopic (exact) mass is 306 g/mol. The summed E-state index contributed by atoms with van der Waals surface area (Å²) in [6.45, 7) is 0.904. The van der Waals surface area contributed by atoms with E-state index in [4.69, 9.17) is 16.3 Å². The Bertz CT molecular complexity index is 614. The van der Waals surface area contributed by atoms with E-state index in [0.717, 1.165) is 12.2 Å². The van der Waals surface area contributed by atoms with Gasteiger partial charge in [0.25, 0.3) is 0 Å². The molecule has 1 fully saturated rings. The Hall–Kier alpha value is -1.65. The highest BCUT2D eigenvalue weighted by molar-refractivity contribution is 6.30. The van der Waals surface area contributed by atoms with Crippen LogP contribution in [0.1, 0.15) is 24.1 Å². The van der Waals surface area contributed by atoms with Crippen LogP contribution < -0.4 is 10.1 Å². The topological polar surface area (TPSA) is 34.1 Å². The minimum Gasteiger partial charge on any atom is -0.487 e. The molecule has 1 aromatic carbocycles. The van der Waals surface area contributed by atoms with Gasteiger partial charge in [-0.2, -0.15) is 0 Å². The third kappa shape index (κ3) is 3.93. The number of benzene rings is 1. The largest absolute Gasteiger partial charge is 0.487 e. The highest BCUT2D eigenvalue weighted by Gasteiger charge is 2.20. The molecule has 0 saturated heterocycles. The third-order valence-corrected chi connectivity index (χ3v) is 3.66. The average Bonchev–Trinajstić information content (AvgIpc) is 3.32. The smallest absolute Gasteiger partial charge is 0.148 e. The second kappa shape index (κ2) is 6.41. The van der Waals surface area contributed by atoms with Gasteiger partial charge in [0.1, 0.15) is 18.2 Å². The zero-order valence-electron chi connectivity index (χ0n) is 11.5. The van der Waals surface area contributed by atoms with Crippen molar-refractivity contribution in [3.8, 4) is 5.75 Å². The third-order valence-electron chi connectivity index (χ3n) is 3.37. The lowest BCUT2D eigenvalue weighted by molar-refractivity contribution is 0.298. The van der Waals surface area contributed by atoms with E-state index in [1.165, 1.54) is 18.9 Å². The SMILES string of the molecule is Fc1c(Cl)cccc1COc1ccc(CNC2CC2)nc1. The quantitative estimate of drug-likeness (QED) is 0.883. The van der Waals surface area contributed by atoms with Gasteiger partial charge in [0.2, 0.25) is 0 Å². The Morgan fingerprint density at radius 3 is 2.86 bits per heavy atom. The van der Waals surface area contributed by atoms with E-state index in [9.17, 15) is 4.39 Å². The molecular weight excluding hydrogens is 291 g/mol. The van der Waals surface area contributed by atoms with Crippen LogP contribution in [0, 0.1) is 5.82 Å². The molecule has 0 bridgehead atoms. The van der Waals surface area contributed by atoms with Gasteiger partial charge in [-0.3, -0.25) is 4.98 Å². The van der Waals surface area contributed by atoms with Crippen LogP contribution in [0.4, 0.5) is 4.39 Å². The summed E-state index contributed by atoms with van der Waals surface area (Å²) < 4.78 is 19.3.